The molecule has 5 nitrogen and oxygen atoms in total. The minimum absolute atomic E-state index is 0.425. The molecular formula is C10H10N2O3. The van der Waals surface area contributed by atoms with Crippen molar-refractivity contribution in [1.29, 1.82) is 0 Å². The molecule has 0 aliphatic rings. The molecule has 15 heavy (non-hydrogen) atoms. The highest BCUT2D eigenvalue weighted by Crippen LogP contribution is 2.31. The Morgan fingerprint density at radius 1 is 1.20 bits per heavy atom. The summed E-state index contributed by atoms with van der Waals surface area (Å²) in [5.41, 5.74) is 0.746. The molecule has 1 aromatic heterocycles. The molecule has 0 bridgehead atoms. The van der Waals surface area contributed by atoms with Crippen LogP contribution in [0.5, 0.6) is 11.5 Å². The first kappa shape index (κ1) is 9.51. The summed E-state index contributed by atoms with van der Waals surface area (Å²) in [4.78, 5) is 0. The van der Waals surface area contributed by atoms with Gasteiger partial charge in [0.15, 0.2) is 0 Å². The Morgan fingerprint density at radius 2 is 2.07 bits per heavy atom. The Balaban J connectivity index is 2.48. The van der Waals surface area contributed by atoms with E-state index in [4.69, 9.17) is 13.9 Å². The van der Waals surface area contributed by atoms with Gasteiger partial charge >= 0.3 is 0 Å². The van der Waals surface area contributed by atoms with Crippen molar-refractivity contribution in [2.24, 2.45) is 0 Å². The van der Waals surface area contributed by atoms with Crippen LogP contribution in [0, 0.1) is 0 Å². The predicted octanol–water partition coefficient (Wildman–Crippen LogP) is 1.75. The average molecular weight is 206 g/mol. The quantitative estimate of drug-likeness (QED) is 0.765. The molecular weight excluding hydrogens is 196 g/mol. The monoisotopic (exact) mass is 206 g/mol. The van der Waals surface area contributed by atoms with Crippen LogP contribution in [0.4, 0.5) is 0 Å². The summed E-state index contributed by atoms with van der Waals surface area (Å²) in [5.74, 6) is 1.78. The largest absolute Gasteiger partial charge is 0.497 e. The van der Waals surface area contributed by atoms with Gasteiger partial charge in [-0.25, -0.2) is 0 Å². The van der Waals surface area contributed by atoms with Gasteiger partial charge in [0, 0.05) is 6.07 Å². The maximum absolute atomic E-state index is 5.20. The van der Waals surface area contributed by atoms with E-state index in [1.54, 1.807) is 20.3 Å². The fraction of sp³-hybridized carbons (Fsp3) is 0.200. The molecule has 0 unspecified atom stereocenters. The fourth-order valence-electron chi connectivity index (χ4n) is 1.27. The normalized spacial score (nSPS) is 10.0. The molecule has 0 amide bonds. The van der Waals surface area contributed by atoms with Crippen LogP contribution in [-0.4, -0.2) is 24.4 Å². The highest BCUT2D eigenvalue weighted by atomic mass is 16.5. The molecule has 0 saturated carbocycles. The molecule has 0 N–H and O–H groups in total. The van der Waals surface area contributed by atoms with Crippen LogP contribution in [0.15, 0.2) is 29.0 Å². The van der Waals surface area contributed by atoms with Gasteiger partial charge in [-0.05, 0) is 12.1 Å². The third-order valence-electron chi connectivity index (χ3n) is 2.00. The molecule has 1 aromatic carbocycles. The van der Waals surface area contributed by atoms with Crippen molar-refractivity contribution in [3.8, 4) is 23.0 Å². The second-order valence-electron chi connectivity index (χ2n) is 2.81. The lowest BCUT2D eigenvalue weighted by Gasteiger charge is -2.06. The maximum Gasteiger partial charge on any atom is 0.251 e. The van der Waals surface area contributed by atoms with Gasteiger partial charge in [0.1, 0.15) is 11.5 Å². The van der Waals surface area contributed by atoms with Crippen LogP contribution < -0.4 is 9.47 Å². The molecule has 78 valence electrons. The van der Waals surface area contributed by atoms with Gasteiger partial charge in [-0.15, -0.1) is 10.2 Å². The minimum atomic E-state index is 0.425. The topological polar surface area (TPSA) is 57.4 Å². The SMILES string of the molecule is COc1ccc(-c2nnco2)c(OC)c1. The first-order chi connectivity index (χ1) is 7.35. The summed E-state index contributed by atoms with van der Waals surface area (Å²) in [6, 6.07) is 5.38. The average Bonchev–Trinajstić information content (AvgIpc) is 2.81. The number of benzene rings is 1. The Labute approximate surface area is 86.6 Å². The van der Waals surface area contributed by atoms with Gasteiger partial charge < -0.3 is 13.9 Å². The third-order valence-corrected chi connectivity index (χ3v) is 2.00. The van der Waals surface area contributed by atoms with E-state index >= 15 is 0 Å². The molecule has 0 aliphatic heterocycles. The van der Waals surface area contributed by atoms with Crippen LogP contribution >= 0.6 is 0 Å². The third kappa shape index (κ3) is 1.76. The fourth-order valence-corrected chi connectivity index (χ4v) is 1.27. The summed E-state index contributed by atoms with van der Waals surface area (Å²) in [7, 11) is 3.18. The highest BCUT2D eigenvalue weighted by Gasteiger charge is 2.11. The molecule has 0 radical (unpaired) electrons. The van der Waals surface area contributed by atoms with E-state index in [2.05, 4.69) is 10.2 Å². The van der Waals surface area contributed by atoms with Gasteiger partial charge in [-0.2, -0.15) is 0 Å². The van der Waals surface area contributed by atoms with Crippen LogP contribution in [0.25, 0.3) is 11.5 Å². The highest BCUT2D eigenvalue weighted by molar-refractivity contribution is 5.64. The van der Waals surface area contributed by atoms with Gasteiger partial charge in [0.25, 0.3) is 5.89 Å². The maximum atomic E-state index is 5.20. The summed E-state index contributed by atoms with van der Waals surface area (Å²) in [6.07, 6.45) is 1.28. The van der Waals surface area contributed by atoms with Gasteiger partial charge in [-0.1, -0.05) is 0 Å². The van der Waals surface area contributed by atoms with Crippen LogP contribution in [0.1, 0.15) is 0 Å². The zero-order chi connectivity index (χ0) is 10.7. The molecule has 0 saturated heterocycles. The van der Waals surface area contributed by atoms with E-state index < -0.39 is 0 Å². The molecule has 2 aromatic rings. The van der Waals surface area contributed by atoms with Crippen molar-refractivity contribution >= 4 is 0 Å². The first-order valence-corrected chi connectivity index (χ1v) is 4.33. The Hall–Kier alpha value is -2.04. The molecule has 0 fully saturated rings. The first-order valence-electron chi connectivity index (χ1n) is 4.33. The number of nitrogens with zero attached hydrogens (tertiary/aromatic N) is 2. The number of rotatable bonds is 3. The van der Waals surface area contributed by atoms with Crippen molar-refractivity contribution < 1.29 is 13.9 Å². The van der Waals surface area contributed by atoms with E-state index in [9.17, 15) is 0 Å². The second-order valence-corrected chi connectivity index (χ2v) is 2.81. The Bertz CT molecular complexity index is 440. The van der Waals surface area contributed by atoms with Crippen LogP contribution in [0.3, 0.4) is 0 Å². The second kappa shape index (κ2) is 4.00. The molecule has 1 heterocycles. The van der Waals surface area contributed by atoms with Crippen molar-refractivity contribution in [3.63, 3.8) is 0 Å². The van der Waals surface area contributed by atoms with E-state index in [1.807, 2.05) is 12.1 Å². The summed E-state index contributed by atoms with van der Waals surface area (Å²) in [5, 5.41) is 7.43. The number of methoxy groups -OCH3 is 2. The number of aromatic nitrogens is 2. The number of ether oxygens (including phenoxy) is 2. The summed E-state index contributed by atoms with van der Waals surface area (Å²) >= 11 is 0. The van der Waals surface area contributed by atoms with Crippen molar-refractivity contribution in [2.45, 2.75) is 0 Å². The predicted molar refractivity (Wildman–Crippen MR) is 52.8 cm³/mol. The number of hydrogen-bond acceptors (Lipinski definition) is 5. The lowest BCUT2D eigenvalue weighted by Crippen LogP contribution is -1.90. The van der Waals surface area contributed by atoms with E-state index in [0.717, 1.165) is 11.3 Å². The zero-order valence-corrected chi connectivity index (χ0v) is 8.43. The zero-order valence-electron chi connectivity index (χ0n) is 8.43. The smallest absolute Gasteiger partial charge is 0.251 e. The molecule has 5 heteroatoms. The molecule has 0 spiro atoms. The Morgan fingerprint density at radius 3 is 2.67 bits per heavy atom. The number of hydrogen-bond donors (Lipinski definition) is 0. The van der Waals surface area contributed by atoms with E-state index in [1.165, 1.54) is 6.39 Å². The summed E-state index contributed by atoms with van der Waals surface area (Å²) in [6.45, 7) is 0. The Kier molecular flexibility index (Phi) is 2.53. The molecule has 2 rings (SSSR count). The van der Waals surface area contributed by atoms with Crippen molar-refractivity contribution in [1.82, 2.24) is 10.2 Å². The summed E-state index contributed by atoms with van der Waals surface area (Å²) < 4.78 is 15.4. The van der Waals surface area contributed by atoms with Crippen molar-refractivity contribution in [3.05, 3.63) is 24.6 Å². The van der Waals surface area contributed by atoms with E-state index in [0.29, 0.717) is 11.6 Å². The molecule has 0 atom stereocenters. The lowest BCUT2D eigenvalue weighted by molar-refractivity contribution is 0.394. The molecule has 0 aliphatic carbocycles. The van der Waals surface area contributed by atoms with Gasteiger partial charge in [0.2, 0.25) is 6.39 Å². The van der Waals surface area contributed by atoms with Gasteiger partial charge in [-0.3, -0.25) is 0 Å². The van der Waals surface area contributed by atoms with Gasteiger partial charge in [0.05, 0.1) is 19.8 Å². The van der Waals surface area contributed by atoms with Crippen LogP contribution in [0.2, 0.25) is 0 Å². The minimum Gasteiger partial charge on any atom is -0.497 e. The van der Waals surface area contributed by atoms with E-state index in [-0.39, 0.29) is 0 Å². The van der Waals surface area contributed by atoms with Crippen LogP contribution in [-0.2, 0) is 0 Å². The van der Waals surface area contributed by atoms with Crippen molar-refractivity contribution in [2.75, 3.05) is 14.2 Å². The standard InChI is InChI=1S/C10H10N2O3/c1-13-7-3-4-8(9(5-7)14-2)10-12-11-6-15-10/h3-6H,1-2H3. The lowest BCUT2D eigenvalue weighted by atomic mass is 10.2.